The third-order valence-corrected chi connectivity index (χ3v) is 3.87. The number of hydrogen-bond donors (Lipinski definition) is 0. The van der Waals surface area contributed by atoms with E-state index >= 15 is 0 Å². The molecule has 0 N–H and O–H groups in total. The standard InChI is InChI=1S/C13H10N4O4S/c1-8-7-22-13(15-8)10(4-14)11(18)6-16-5-9(17(20)21)2-3-12(16)19/h2-3,5,7,10H,6H2,1H3. The van der Waals surface area contributed by atoms with Crippen molar-refractivity contribution >= 4 is 22.8 Å². The molecule has 22 heavy (non-hydrogen) atoms. The summed E-state index contributed by atoms with van der Waals surface area (Å²) in [5.74, 6) is -1.63. The molecule has 9 heteroatoms. The van der Waals surface area contributed by atoms with E-state index in [4.69, 9.17) is 5.26 Å². The van der Waals surface area contributed by atoms with Crippen LogP contribution < -0.4 is 5.56 Å². The molecule has 2 rings (SSSR count). The largest absolute Gasteiger partial charge is 0.301 e. The summed E-state index contributed by atoms with van der Waals surface area (Å²) in [4.78, 5) is 38.0. The Hall–Kier alpha value is -2.86. The molecule has 0 radical (unpaired) electrons. The lowest BCUT2D eigenvalue weighted by Crippen LogP contribution is -2.26. The number of pyridine rings is 1. The predicted octanol–water partition coefficient (Wildman–Crippen LogP) is 1.40. The number of nitrogens with zero attached hydrogens (tertiary/aromatic N) is 4. The monoisotopic (exact) mass is 318 g/mol. The van der Waals surface area contributed by atoms with Crippen LogP contribution in [0.1, 0.15) is 16.6 Å². The molecular weight excluding hydrogens is 308 g/mol. The first-order chi connectivity index (χ1) is 10.4. The molecule has 0 amide bonds. The minimum absolute atomic E-state index is 0.300. The van der Waals surface area contributed by atoms with E-state index in [0.29, 0.717) is 10.7 Å². The molecule has 1 atom stereocenters. The van der Waals surface area contributed by atoms with E-state index in [1.165, 1.54) is 11.3 Å². The van der Waals surface area contributed by atoms with Crippen molar-refractivity contribution < 1.29 is 9.72 Å². The SMILES string of the molecule is Cc1csc(C(C#N)C(=O)Cn2cc([N+](=O)[O-])ccc2=O)n1. The number of thiazole rings is 1. The molecule has 0 aliphatic carbocycles. The highest BCUT2D eigenvalue weighted by Crippen LogP contribution is 2.21. The molecule has 2 aromatic rings. The van der Waals surface area contributed by atoms with Gasteiger partial charge in [-0.05, 0) is 6.92 Å². The van der Waals surface area contributed by atoms with Crippen molar-refractivity contribution in [2.24, 2.45) is 0 Å². The predicted molar refractivity (Wildman–Crippen MR) is 77.6 cm³/mol. The molecule has 0 aliphatic rings. The Morgan fingerprint density at radius 1 is 1.59 bits per heavy atom. The Morgan fingerprint density at radius 2 is 2.32 bits per heavy atom. The average Bonchev–Trinajstić information content (AvgIpc) is 2.88. The lowest BCUT2D eigenvalue weighted by Gasteiger charge is -2.07. The summed E-state index contributed by atoms with van der Waals surface area (Å²) < 4.78 is 0.922. The van der Waals surface area contributed by atoms with Crippen molar-refractivity contribution in [2.45, 2.75) is 19.4 Å². The first-order valence-electron chi connectivity index (χ1n) is 6.11. The van der Waals surface area contributed by atoms with Crippen LogP contribution in [0.15, 0.2) is 28.5 Å². The molecule has 2 heterocycles. The number of Topliss-reactive ketones (excluding diaryl/α,β-unsaturated/α-hetero) is 1. The molecular formula is C13H10N4O4S. The Labute approximate surface area is 128 Å². The first-order valence-corrected chi connectivity index (χ1v) is 6.99. The number of aromatic nitrogens is 2. The molecule has 0 bridgehead atoms. The van der Waals surface area contributed by atoms with Gasteiger partial charge < -0.3 is 4.57 Å². The van der Waals surface area contributed by atoms with Crippen LogP contribution in [-0.4, -0.2) is 20.3 Å². The van der Waals surface area contributed by atoms with Crippen molar-refractivity contribution in [3.05, 3.63) is 54.9 Å². The summed E-state index contributed by atoms with van der Waals surface area (Å²) in [5.41, 5.74) is -0.155. The highest BCUT2D eigenvalue weighted by molar-refractivity contribution is 7.09. The maximum absolute atomic E-state index is 12.2. The summed E-state index contributed by atoms with van der Waals surface area (Å²) in [7, 11) is 0. The molecule has 1 unspecified atom stereocenters. The maximum Gasteiger partial charge on any atom is 0.285 e. The first kappa shape index (κ1) is 15.5. The minimum Gasteiger partial charge on any atom is -0.301 e. The summed E-state index contributed by atoms with van der Waals surface area (Å²) in [6.07, 6.45) is 0.988. The summed E-state index contributed by atoms with van der Waals surface area (Å²) >= 11 is 1.18. The molecule has 0 saturated heterocycles. The van der Waals surface area contributed by atoms with Gasteiger partial charge in [-0.1, -0.05) is 0 Å². The number of nitro groups is 1. The van der Waals surface area contributed by atoms with Crippen LogP contribution in [-0.2, 0) is 11.3 Å². The smallest absolute Gasteiger partial charge is 0.285 e. The zero-order valence-electron chi connectivity index (χ0n) is 11.4. The van der Waals surface area contributed by atoms with E-state index < -0.39 is 28.7 Å². The van der Waals surface area contributed by atoms with Crippen molar-refractivity contribution in [1.82, 2.24) is 9.55 Å². The van der Waals surface area contributed by atoms with E-state index in [9.17, 15) is 19.7 Å². The van der Waals surface area contributed by atoms with Gasteiger partial charge in [-0.3, -0.25) is 19.7 Å². The van der Waals surface area contributed by atoms with Crippen LogP contribution >= 0.6 is 11.3 Å². The van der Waals surface area contributed by atoms with Crippen LogP contribution in [0.3, 0.4) is 0 Å². The third-order valence-electron chi connectivity index (χ3n) is 2.84. The zero-order chi connectivity index (χ0) is 16.3. The average molecular weight is 318 g/mol. The van der Waals surface area contributed by atoms with Gasteiger partial charge in [0.15, 0.2) is 11.7 Å². The molecule has 0 aromatic carbocycles. The van der Waals surface area contributed by atoms with Gasteiger partial charge in [-0.25, -0.2) is 4.98 Å². The number of nitriles is 1. The molecule has 0 spiro atoms. The normalized spacial score (nSPS) is 11.6. The second-order valence-electron chi connectivity index (χ2n) is 4.47. The molecule has 2 aromatic heterocycles. The van der Waals surface area contributed by atoms with Gasteiger partial charge in [0.2, 0.25) is 0 Å². The molecule has 0 saturated carbocycles. The number of carbonyl (C=O) groups is 1. The second kappa shape index (κ2) is 6.28. The maximum atomic E-state index is 12.2. The zero-order valence-corrected chi connectivity index (χ0v) is 12.2. The Bertz CT molecular complexity index is 833. The Kier molecular flexibility index (Phi) is 4.43. The van der Waals surface area contributed by atoms with Gasteiger partial charge in [0.25, 0.3) is 11.2 Å². The van der Waals surface area contributed by atoms with Crippen molar-refractivity contribution in [2.75, 3.05) is 0 Å². The number of ketones is 1. The van der Waals surface area contributed by atoms with Gasteiger partial charge in [0.05, 0.1) is 23.7 Å². The quantitative estimate of drug-likeness (QED) is 0.607. The lowest BCUT2D eigenvalue weighted by molar-refractivity contribution is -0.385. The summed E-state index contributed by atoms with van der Waals surface area (Å²) in [5, 5.41) is 21.9. The van der Waals surface area contributed by atoms with Crippen LogP contribution in [0.25, 0.3) is 0 Å². The number of carbonyl (C=O) groups excluding carboxylic acids is 1. The topological polar surface area (TPSA) is 119 Å². The van der Waals surface area contributed by atoms with Crippen molar-refractivity contribution in [3.63, 3.8) is 0 Å². The van der Waals surface area contributed by atoms with Gasteiger partial charge in [0.1, 0.15) is 5.01 Å². The van der Waals surface area contributed by atoms with Crippen LogP contribution in [0.5, 0.6) is 0 Å². The third kappa shape index (κ3) is 3.24. The van der Waals surface area contributed by atoms with E-state index in [0.717, 1.165) is 22.9 Å². The van der Waals surface area contributed by atoms with E-state index in [2.05, 4.69) is 4.98 Å². The Morgan fingerprint density at radius 3 is 2.86 bits per heavy atom. The van der Waals surface area contributed by atoms with Crippen LogP contribution in [0, 0.1) is 28.4 Å². The van der Waals surface area contributed by atoms with Gasteiger partial charge >= 0.3 is 0 Å². The van der Waals surface area contributed by atoms with Gasteiger partial charge in [-0.2, -0.15) is 5.26 Å². The van der Waals surface area contributed by atoms with Crippen molar-refractivity contribution in [3.8, 4) is 6.07 Å². The van der Waals surface area contributed by atoms with Crippen LogP contribution in [0.4, 0.5) is 5.69 Å². The van der Waals surface area contributed by atoms with E-state index in [-0.39, 0.29) is 5.69 Å². The summed E-state index contributed by atoms with van der Waals surface area (Å²) in [6.45, 7) is 1.32. The number of rotatable bonds is 5. The minimum atomic E-state index is -1.09. The number of hydrogen-bond acceptors (Lipinski definition) is 7. The molecule has 0 fully saturated rings. The van der Waals surface area contributed by atoms with Gasteiger partial charge in [-0.15, -0.1) is 11.3 Å². The van der Waals surface area contributed by atoms with E-state index in [1.54, 1.807) is 12.3 Å². The Balaban J connectivity index is 2.28. The number of aryl methyl sites for hydroxylation is 1. The van der Waals surface area contributed by atoms with Crippen molar-refractivity contribution in [1.29, 1.82) is 5.26 Å². The fourth-order valence-corrected chi connectivity index (χ4v) is 2.64. The highest BCUT2D eigenvalue weighted by atomic mass is 32.1. The fourth-order valence-electron chi connectivity index (χ4n) is 1.78. The molecule has 112 valence electrons. The second-order valence-corrected chi connectivity index (χ2v) is 5.36. The van der Waals surface area contributed by atoms with Gasteiger partial charge in [0, 0.05) is 23.2 Å². The lowest BCUT2D eigenvalue weighted by atomic mass is 10.1. The fraction of sp³-hybridized carbons (Fsp3) is 0.231. The highest BCUT2D eigenvalue weighted by Gasteiger charge is 2.24. The summed E-state index contributed by atoms with van der Waals surface area (Å²) in [6, 6.07) is 3.94. The van der Waals surface area contributed by atoms with Crippen LogP contribution in [0.2, 0.25) is 0 Å². The molecule has 8 nitrogen and oxygen atoms in total. The molecule has 0 aliphatic heterocycles. The van der Waals surface area contributed by atoms with E-state index in [1.807, 2.05) is 6.07 Å².